The van der Waals surface area contributed by atoms with Gasteiger partial charge in [-0.2, -0.15) is 0 Å². The summed E-state index contributed by atoms with van der Waals surface area (Å²) in [6, 6.07) is 8.43. The van der Waals surface area contributed by atoms with Crippen LogP contribution in [0, 0.1) is 0 Å². The zero-order valence-corrected chi connectivity index (χ0v) is 14.1. The molecule has 1 heterocycles. The number of benzene rings is 1. The highest BCUT2D eigenvalue weighted by molar-refractivity contribution is 7.99. The van der Waals surface area contributed by atoms with Crippen LogP contribution >= 0.6 is 23.4 Å². The van der Waals surface area contributed by atoms with E-state index >= 15 is 0 Å². The molecule has 1 unspecified atom stereocenters. The number of hydrogen-bond donors (Lipinski definition) is 1. The van der Waals surface area contributed by atoms with Gasteiger partial charge >= 0.3 is 0 Å². The Balaban J connectivity index is 1.95. The van der Waals surface area contributed by atoms with Crippen LogP contribution in [0.4, 0.5) is 0 Å². The van der Waals surface area contributed by atoms with Gasteiger partial charge in [-0.1, -0.05) is 24.6 Å². The van der Waals surface area contributed by atoms with Crippen molar-refractivity contribution in [3.63, 3.8) is 0 Å². The Labute approximate surface area is 136 Å². The first kappa shape index (κ1) is 16.4. The predicted octanol–water partition coefficient (Wildman–Crippen LogP) is 3.87. The van der Waals surface area contributed by atoms with Crippen LogP contribution in [0.15, 0.2) is 41.6 Å². The zero-order valence-electron chi connectivity index (χ0n) is 12.6. The van der Waals surface area contributed by atoms with Crippen molar-refractivity contribution >= 4 is 23.4 Å². The quantitative estimate of drug-likeness (QED) is 0.748. The standard InChI is InChI=1S/C16H22ClN3S/c1-3-18-14(11-16-19-8-9-20(16)4-2)12-21-15-7-5-6-13(17)10-15/h5-10,14,18H,3-4,11-12H2,1-2H3. The van der Waals surface area contributed by atoms with E-state index in [1.165, 1.54) is 4.90 Å². The highest BCUT2D eigenvalue weighted by Crippen LogP contribution is 2.22. The first-order valence-electron chi connectivity index (χ1n) is 7.34. The number of nitrogens with one attached hydrogen (secondary N) is 1. The molecule has 5 heteroatoms. The Hall–Kier alpha value is -0.970. The molecule has 3 nitrogen and oxygen atoms in total. The lowest BCUT2D eigenvalue weighted by Crippen LogP contribution is -2.34. The molecule has 0 fully saturated rings. The third-order valence-corrected chi connectivity index (χ3v) is 4.70. The number of halogens is 1. The number of aryl methyl sites for hydroxylation is 1. The van der Waals surface area contributed by atoms with Crippen LogP contribution in [0.25, 0.3) is 0 Å². The summed E-state index contributed by atoms with van der Waals surface area (Å²) >= 11 is 7.87. The summed E-state index contributed by atoms with van der Waals surface area (Å²) in [6.45, 7) is 6.22. The minimum atomic E-state index is 0.409. The minimum Gasteiger partial charge on any atom is -0.335 e. The number of imidazole rings is 1. The smallest absolute Gasteiger partial charge is 0.110 e. The molecule has 114 valence electrons. The van der Waals surface area contributed by atoms with E-state index in [0.29, 0.717) is 6.04 Å². The molecule has 1 aromatic heterocycles. The van der Waals surface area contributed by atoms with Crippen molar-refractivity contribution in [2.45, 2.75) is 37.8 Å². The van der Waals surface area contributed by atoms with Crippen LogP contribution in [0.2, 0.25) is 5.02 Å². The summed E-state index contributed by atoms with van der Waals surface area (Å²) < 4.78 is 2.20. The number of thioether (sulfide) groups is 1. The third kappa shape index (κ3) is 5.06. The van der Waals surface area contributed by atoms with Crippen LogP contribution in [-0.2, 0) is 13.0 Å². The van der Waals surface area contributed by atoms with Gasteiger partial charge in [-0.25, -0.2) is 4.98 Å². The SMILES string of the molecule is CCNC(CSc1cccc(Cl)c1)Cc1nccn1CC. The predicted molar refractivity (Wildman–Crippen MR) is 91.2 cm³/mol. The van der Waals surface area contributed by atoms with Crippen molar-refractivity contribution in [1.82, 2.24) is 14.9 Å². The molecule has 1 N–H and O–H groups in total. The van der Waals surface area contributed by atoms with Gasteiger partial charge < -0.3 is 9.88 Å². The van der Waals surface area contributed by atoms with Crippen molar-refractivity contribution in [1.29, 1.82) is 0 Å². The van der Waals surface area contributed by atoms with Crippen molar-refractivity contribution in [3.05, 3.63) is 47.5 Å². The summed E-state index contributed by atoms with van der Waals surface area (Å²) in [7, 11) is 0. The van der Waals surface area contributed by atoms with E-state index in [1.54, 1.807) is 0 Å². The monoisotopic (exact) mass is 323 g/mol. The van der Waals surface area contributed by atoms with Gasteiger partial charge in [0.15, 0.2) is 0 Å². The van der Waals surface area contributed by atoms with E-state index in [-0.39, 0.29) is 0 Å². The van der Waals surface area contributed by atoms with Crippen LogP contribution in [0.3, 0.4) is 0 Å². The lowest BCUT2D eigenvalue weighted by molar-refractivity contribution is 0.542. The number of aromatic nitrogens is 2. The average molecular weight is 324 g/mol. The topological polar surface area (TPSA) is 29.9 Å². The molecule has 0 aliphatic carbocycles. The van der Waals surface area contributed by atoms with Crippen LogP contribution in [0.5, 0.6) is 0 Å². The normalized spacial score (nSPS) is 12.5. The number of likely N-dealkylation sites (N-methyl/N-ethyl adjacent to an activating group) is 1. The Morgan fingerprint density at radius 2 is 2.24 bits per heavy atom. The van der Waals surface area contributed by atoms with E-state index in [4.69, 9.17) is 11.6 Å². The van der Waals surface area contributed by atoms with Gasteiger partial charge in [0.1, 0.15) is 5.82 Å². The Kier molecular flexibility index (Phi) is 6.61. The first-order valence-corrected chi connectivity index (χ1v) is 8.71. The van der Waals surface area contributed by atoms with E-state index in [0.717, 1.165) is 36.1 Å². The van der Waals surface area contributed by atoms with Gasteiger partial charge in [0.2, 0.25) is 0 Å². The molecular weight excluding hydrogens is 302 g/mol. The second kappa shape index (κ2) is 8.47. The van der Waals surface area contributed by atoms with Gasteiger partial charge in [-0.05, 0) is 31.7 Å². The fourth-order valence-corrected chi connectivity index (χ4v) is 3.54. The summed E-state index contributed by atoms with van der Waals surface area (Å²) in [5.41, 5.74) is 0. The van der Waals surface area contributed by atoms with Crippen LogP contribution in [0.1, 0.15) is 19.7 Å². The van der Waals surface area contributed by atoms with Crippen molar-refractivity contribution < 1.29 is 0 Å². The Morgan fingerprint density at radius 3 is 2.95 bits per heavy atom. The van der Waals surface area contributed by atoms with Crippen LogP contribution in [-0.4, -0.2) is 27.9 Å². The third-order valence-electron chi connectivity index (χ3n) is 3.31. The van der Waals surface area contributed by atoms with Crippen LogP contribution < -0.4 is 5.32 Å². The summed E-state index contributed by atoms with van der Waals surface area (Å²) in [6.07, 6.45) is 4.87. The fraction of sp³-hybridized carbons (Fsp3) is 0.438. The first-order chi connectivity index (χ1) is 10.2. The second-order valence-electron chi connectivity index (χ2n) is 4.86. The molecule has 0 spiro atoms. The summed E-state index contributed by atoms with van der Waals surface area (Å²) in [5.74, 6) is 2.15. The van der Waals surface area contributed by atoms with Gasteiger partial charge in [0, 0.05) is 47.1 Å². The number of nitrogens with zero attached hydrogens (tertiary/aromatic N) is 2. The van der Waals surface area contributed by atoms with Gasteiger partial charge in [-0.15, -0.1) is 11.8 Å². The molecule has 2 aromatic rings. The second-order valence-corrected chi connectivity index (χ2v) is 6.39. The molecule has 1 aromatic carbocycles. The van der Waals surface area contributed by atoms with E-state index in [9.17, 15) is 0 Å². The molecule has 2 rings (SSSR count). The highest BCUT2D eigenvalue weighted by Gasteiger charge is 2.12. The fourth-order valence-electron chi connectivity index (χ4n) is 2.27. The molecule has 1 atom stereocenters. The maximum Gasteiger partial charge on any atom is 0.110 e. The molecule has 0 amide bonds. The Bertz CT molecular complexity index is 556. The maximum absolute atomic E-state index is 6.03. The lowest BCUT2D eigenvalue weighted by Gasteiger charge is -2.18. The maximum atomic E-state index is 6.03. The number of hydrogen-bond acceptors (Lipinski definition) is 3. The minimum absolute atomic E-state index is 0.409. The van der Waals surface area contributed by atoms with Crippen molar-refractivity contribution in [3.8, 4) is 0 Å². The summed E-state index contributed by atoms with van der Waals surface area (Å²) in [5, 5.41) is 4.34. The molecule has 0 saturated heterocycles. The van der Waals surface area contributed by atoms with E-state index in [2.05, 4.69) is 34.8 Å². The van der Waals surface area contributed by atoms with Crippen molar-refractivity contribution in [2.24, 2.45) is 0 Å². The van der Waals surface area contributed by atoms with Gasteiger partial charge in [0.05, 0.1) is 0 Å². The number of rotatable bonds is 8. The van der Waals surface area contributed by atoms with Gasteiger partial charge in [-0.3, -0.25) is 0 Å². The largest absolute Gasteiger partial charge is 0.335 e. The molecule has 0 aliphatic rings. The van der Waals surface area contributed by atoms with Crippen molar-refractivity contribution in [2.75, 3.05) is 12.3 Å². The van der Waals surface area contributed by atoms with E-state index < -0.39 is 0 Å². The van der Waals surface area contributed by atoms with Gasteiger partial charge in [0.25, 0.3) is 0 Å². The molecule has 0 radical (unpaired) electrons. The zero-order chi connectivity index (χ0) is 15.1. The Morgan fingerprint density at radius 1 is 1.38 bits per heavy atom. The molecule has 0 aliphatic heterocycles. The molecule has 0 saturated carbocycles. The average Bonchev–Trinajstić information content (AvgIpc) is 2.92. The molecule has 0 bridgehead atoms. The highest BCUT2D eigenvalue weighted by atomic mass is 35.5. The van der Waals surface area contributed by atoms with E-state index in [1.807, 2.05) is 42.4 Å². The molecular formula is C16H22ClN3S. The molecule has 21 heavy (non-hydrogen) atoms. The summed E-state index contributed by atoms with van der Waals surface area (Å²) in [4.78, 5) is 5.68. The lowest BCUT2D eigenvalue weighted by atomic mass is 10.2.